The molecule has 1 aliphatic heterocycles. The van der Waals surface area contributed by atoms with Gasteiger partial charge in [-0.25, -0.2) is 0 Å². The van der Waals surface area contributed by atoms with Crippen LogP contribution in [0.1, 0.15) is 31.6 Å². The molecule has 8 heteroatoms. The summed E-state index contributed by atoms with van der Waals surface area (Å²) in [6, 6.07) is 12.9. The Balaban J connectivity index is 1.77. The van der Waals surface area contributed by atoms with E-state index in [1.807, 2.05) is 24.3 Å². The van der Waals surface area contributed by atoms with E-state index >= 15 is 0 Å². The molecule has 0 bridgehead atoms. The maximum atomic E-state index is 9.87. The number of aromatic nitrogens is 3. The number of thioether (sulfide) groups is 1. The quantitative estimate of drug-likeness (QED) is 0.391. The molecule has 0 radical (unpaired) electrons. The van der Waals surface area contributed by atoms with Crippen molar-refractivity contribution in [3.05, 3.63) is 52.5 Å². The average molecular weight is 459 g/mol. The van der Waals surface area contributed by atoms with Gasteiger partial charge in [0.15, 0.2) is 11.9 Å². The molecule has 0 fully saturated rings. The highest BCUT2D eigenvalue weighted by Gasteiger charge is 2.26. The Kier molecular flexibility index (Phi) is 5.68. The van der Waals surface area contributed by atoms with Crippen LogP contribution in [0.2, 0.25) is 0 Å². The van der Waals surface area contributed by atoms with Gasteiger partial charge in [-0.3, -0.25) is 0 Å². The zero-order chi connectivity index (χ0) is 19.5. The minimum atomic E-state index is -0.515. The highest BCUT2D eigenvalue weighted by atomic mass is 79.9. The highest BCUT2D eigenvalue weighted by Crippen LogP contribution is 2.41. The molecule has 1 aromatic heterocycles. The molecule has 2 N–H and O–H groups in total. The average Bonchev–Trinajstić information content (AvgIpc) is 2.84. The lowest BCUT2D eigenvalue weighted by molar-refractivity contribution is 0.225. The number of hydrogen-bond acceptors (Lipinski definition) is 7. The van der Waals surface area contributed by atoms with E-state index in [1.165, 1.54) is 0 Å². The first-order chi connectivity index (χ1) is 13.6. The van der Waals surface area contributed by atoms with Gasteiger partial charge in [-0.05, 0) is 36.8 Å². The lowest BCUT2D eigenvalue weighted by atomic mass is 10.1. The number of nitrogens with one attached hydrogen (secondary N) is 1. The molecule has 1 atom stereocenters. The fraction of sp³-hybridized carbons (Fsp3) is 0.250. The van der Waals surface area contributed by atoms with Crippen LogP contribution in [0.3, 0.4) is 0 Å². The second-order valence-electron chi connectivity index (χ2n) is 6.38. The number of fused-ring (bicyclic) bond motifs is 3. The molecule has 144 valence electrons. The lowest BCUT2D eigenvalue weighted by Crippen LogP contribution is -2.17. The molecule has 0 amide bonds. The number of aromatic hydroxyl groups is 1. The molecule has 0 aliphatic carbocycles. The van der Waals surface area contributed by atoms with Crippen molar-refractivity contribution in [1.82, 2.24) is 15.2 Å². The van der Waals surface area contributed by atoms with Gasteiger partial charge in [-0.2, -0.15) is 4.98 Å². The van der Waals surface area contributed by atoms with Crippen molar-refractivity contribution < 1.29 is 9.84 Å². The van der Waals surface area contributed by atoms with Gasteiger partial charge in [0, 0.05) is 27.0 Å². The lowest BCUT2D eigenvalue weighted by Gasteiger charge is -2.19. The highest BCUT2D eigenvalue weighted by molar-refractivity contribution is 9.10. The Hall–Kier alpha value is -2.32. The molecule has 2 heterocycles. The van der Waals surface area contributed by atoms with Crippen LogP contribution in [0.25, 0.3) is 11.3 Å². The second kappa shape index (κ2) is 8.36. The SMILES string of the molecule is CCCCSc1nnc2c(n1)O[C@@H](c1cccc(O)c1)Nc1ccc(Br)cc1-2. The van der Waals surface area contributed by atoms with Crippen LogP contribution in [0.4, 0.5) is 5.69 Å². The fourth-order valence-corrected chi connectivity index (χ4v) is 4.10. The van der Waals surface area contributed by atoms with E-state index in [9.17, 15) is 5.11 Å². The number of unbranched alkanes of at least 4 members (excludes halogenated alkanes) is 1. The molecule has 0 spiro atoms. The third-order valence-corrected chi connectivity index (χ3v) is 5.71. The zero-order valence-corrected chi connectivity index (χ0v) is 17.6. The van der Waals surface area contributed by atoms with Crippen LogP contribution in [0.5, 0.6) is 11.6 Å². The topological polar surface area (TPSA) is 80.2 Å². The van der Waals surface area contributed by atoms with Gasteiger partial charge >= 0.3 is 0 Å². The summed E-state index contributed by atoms with van der Waals surface area (Å²) in [6.45, 7) is 2.15. The van der Waals surface area contributed by atoms with Gasteiger partial charge in [-0.15, -0.1) is 10.2 Å². The number of rotatable bonds is 5. The smallest absolute Gasteiger partial charge is 0.247 e. The van der Waals surface area contributed by atoms with E-state index < -0.39 is 6.23 Å². The Labute approximate surface area is 175 Å². The maximum absolute atomic E-state index is 9.87. The standard InChI is InChI=1S/C20H19BrN4O2S/c1-2-3-9-28-20-23-19-17(24-25-20)15-11-13(21)7-8-16(15)22-18(27-19)12-5-4-6-14(26)10-12/h4-8,10-11,18,22,26H,2-3,9H2,1H3/t18-/m0/s1. The molecule has 0 saturated heterocycles. The summed E-state index contributed by atoms with van der Waals surface area (Å²) in [5.74, 6) is 1.54. The summed E-state index contributed by atoms with van der Waals surface area (Å²) in [7, 11) is 0. The number of hydrogen-bond donors (Lipinski definition) is 2. The fourth-order valence-electron chi connectivity index (χ4n) is 2.88. The van der Waals surface area contributed by atoms with E-state index in [0.29, 0.717) is 16.7 Å². The number of phenols is 1. The van der Waals surface area contributed by atoms with Crippen molar-refractivity contribution in [2.75, 3.05) is 11.1 Å². The predicted molar refractivity (Wildman–Crippen MR) is 114 cm³/mol. The number of nitrogens with zero attached hydrogens (tertiary/aromatic N) is 3. The molecule has 0 unspecified atom stereocenters. The van der Waals surface area contributed by atoms with Crippen molar-refractivity contribution in [2.24, 2.45) is 0 Å². The summed E-state index contributed by atoms with van der Waals surface area (Å²) in [5, 5.41) is 22.6. The first-order valence-corrected chi connectivity index (χ1v) is 10.8. The van der Waals surface area contributed by atoms with E-state index in [-0.39, 0.29) is 5.75 Å². The molecule has 0 saturated carbocycles. The number of anilines is 1. The van der Waals surface area contributed by atoms with Crippen molar-refractivity contribution >= 4 is 33.4 Å². The summed E-state index contributed by atoms with van der Waals surface area (Å²) in [5.41, 5.74) is 3.10. The van der Waals surface area contributed by atoms with Crippen LogP contribution in [-0.2, 0) is 0 Å². The molecule has 2 aromatic carbocycles. The normalized spacial score (nSPS) is 15.0. The van der Waals surface area contributed by atoms with Crippen LogP contribution in [-0.4, -0.2) is 26.0 Å². The Morgan fingerprint density at radius 2 is 2.11 bits per heavy atom. The van der Waals surface area contributed by atoms with Crippen LogP contribution in [0, 0.1) is 0 Å². The first-order valence-electron chi connectivity index (χ1n) is 9.03. The molecular weight excluding hydrogens is 440 g/mol. The maximum Gasteiger partial charge on any atom is 0.247 e. The number of phenolic OH excluding ortho intramolecular Hbond substituents is 1. The predicted octanol–water partition coefficient (Wildman–Crippen LogP) is 5.40. The molecular formula is C20H19BrN4O2S. The third kappa shape index (κ3) is 4.07. The molecule has 3 aromatic rings. The Bertz CT molecular complexity index is 1000. The van der Waals surface area contributed by atoms with Crippen LogP contribution < -0.4 is 10.1 Å². The largest absolute Gasteiger partial charge is 0.508 e. The summed E-state index contributed by atoms with van der Waals surface area (Å²) >= 11 is 5.09. The molecule has 28 heavy (non-hydrogen) atoms. The van der Waals surface area contributed by atoms with Crippen molar-refractivity contribution in [3.8, 4) is 22.9 Å². The van der Waals surface area contributed by atoms with Gasteiger partial charge < -0.3 is 15.2 Å². The van der Waals surface area contributed by atoms with Gasteiger partial charge in [0.25, 0.3) is 0 Å². The zero-order valence-electron chi connectivity index (χ0n) is 15.2. The number of benzene rings is 2. The van der Waals surface area contributed by atoms with E-state index in [4.69, 9.17) is 4.74 Å². The molecule has 6 nitrogen and oxygen atoms in total. The summed E-state index contributed by atoms with van der Waals surface area (Å²) in [4.78, 5) is 4.62. The van der Waals surface area contributed by atoms with Crippen molar-refractivity contribution in [2.45, 2.75) is 31.1 Å². The minimum absolute atomic E-state index is 0.181. The van der Waals surface area contributed by atoms with E-state index in [1.54, 1.807) is 30.0 Å². The molecule has 4 rings (SSSR count). The van der Waals surface area contributed by atoms with Gasteiger partial charge in [-0.1, -0.05) is 53.2 Å². The van der Waals surface area contributed by atoms with Crippen molar-refractivity contribution in [3.63, 3.8) is 0 Å². The van der Waals surface area contributed by atoms with Crippen molar-refractivity contribution in [1.29, 1.82) is 0 Å². The second-order valence-corrected chi connectivity index (χ2v) is 8.36. The summed E-state index contributed by atoms with van der Waals surface area (Å²) in [6.07, 6.45) is 1.69. The van der Waals surface area contributed by atoms with Gasteiger partial charge in [0.2, 0.25) is 11.0 Å². The van der Waals surface area contributed by atoms with Crippen LogP contribution in [0.15, 0.2) is 52.1 Å². The van der Waals surface area contributed by atoms with E-state index in [2.05, 4.69) is 43.4 Å². The third-order valence-electron chi connectivity index (χ3n) is 4.29. The number of ether oxygens (including phenoxy) is 1. The Morgan fingerprint density at radius 3 is 2.93 bits per heavy atom. The minimum Gasteiger partial charge on any atom is -0.508 e. The van der Waals surface area contributed by atoms with Gasteiger partial charge in [0.1, 0.15) is 5.75 Å². The molecule has 1 aliphatic rings. The monoisotopic (exact) mass is 458 g/mol. The summed E-state index contributed by atoms with van der Waals surface area (Å²) < 4.78 is 7.13. The van der Waals surface area contributed by atoms with E-state index in [0.717, 1.165) is 39.9 Å². The number of halogens is 1. The van der Waals surface area contributed by atoms with Gasteiger partial charge in [0.05, 0.1) is 0 Å². The Morgan fingerprint density at radius 1 is 1.21 bits per heavy atom. The van der Waals surface area contributed by atoms with Crippen LogP contribution >= 0.6 is 27.7 Å². The first kappa shape index (κ1) is 19.0.